The molecule has 1 spiro atoms. The molecule has 2 aliphatic carbocycles. The van der Waals surface area contributed by atoms with Crippen LogP contribution in [0.15, 0.2) is 4.99 Å². The number of ether oxygens (including phenoxy) is 1. The standard InChI is InChI=1S/C20H36N4O.HI/c1-3-21-19(24-13-8-16(15-24)23-11-5-6-12-23)22-17-14-18(25-4-2)20(17)9-7-10-20;/h16-18H,3-15H2,1-2H3,(H,21,22);1H. The van der Waals surface area contributed by atoms with Gasteiger partial charge in [0.25, 0.3) is 0 Å². The molecule has 150 valence electrons. The molecule has 1 N–H and O–H groups in total. The molecule has 4 rings (SSSR count). The highest BCUT2D eigenvalue weighted by Crippen LogP contribution is 2.57. The first-order valence-electron chi connectivity index (χ1n) is 10.7. The zero-order valence-corrected chi connectivity index (χ0v) is 18.9. The van der Waals surface area contributed by atoms with Crippen molar-refractivity contribution in [1.29, 1.82) is 0 Å². The number of likely N-dealkylation sites (tertiary alicyclic amines) is 2. The smallest absolute Gasteiger partial charge is 0.194 e. The van der Waals surface area contributed by atoms with E-state index in [0.717, 1.165) is 44.7 Å². The molecule has 3 atom stereocenters. The molecule has 0 bridgehead atoms. The van der Waals surface area contributed by atoms with Crippen LogP contribution < -0.4 is 5.32 Å². The van der Waals surface area contributed by atoms with E-state index in [1.54, 1.807) is 0 Å². The van der Waals surface area contributed by atoms with Crippen LogP contribution in [0.1, 0.15) is 58.8 Å². The van der Waals surface area contributed by atoms with Gasteiger partial charge in [-0.2, -0.15) is 0 Å². The third kappa shape index (κ3) is 3.75. The summed E-state index contributed by atoms with van der Waals surface area (Å²) in [4.78, 5) is 10.1. The van der Waals surface area contributed by atoms with Gasteiger partial charge in [0.15, 0.2) is 5.96 Å². The molecule has 0 aromatic heterocycles. The molecule has 2 saturated heterocycles. The molecule has 2 saturated carbocycles. The van der Waals surface area contributed by atoms with Gasteiger partial charge in [-0.25, -0.2) is 0 Å². The van der Waals surface area contributed by atoms with E-state index >= 15 is 0 Å². The summed E-state index contributed by atoms with van der Waals surface area (Å²) in [6.07, 6.45) is 9.70. The fourth-order valence-electron chi connectivity index (χ4n) is 5.52. The molecule has 0 radical (unpaired) electrons. The highest BCUT2D eigenvalue weighted by molar-refractivity contribution is 14.0. The normalized spacial score (nSPS) is 33.7. The van der Waals surface area contributed by atoms with Crippen LogP contribution in [0.25, 0.3) is 0 Å². The molecule has 3 unspecified atom stereocenters. The minimum atomic E-state index is 0. The fraction of sp³-hybridized carbons (Fsp3) is 0.950. The van der Waals surface area contributed by atoms with Gasteiger partial charge in [-0.05, 0) is 65.5 Å². The van der Waals surface area contributed by atoms with Crippen molar-refractivity contribution in [2.24, 2.45) is 10.4 Å². The van der Waals surface area contributed by atoms with Gasteiger partial charge in [-0.1, -0.05) is 6.42 Å². The molecule has 0 aromatic rings. The lowest BCUT2D eigenvalue weighted by Gasteiger charge is -2.61. The average Bonchev–Trinajstić information content (AvgIpc) is 3.22. The average molecular weight is 476 g/mol. The number of halogens is 1. The van der Waals surface area contributed by atoms with Gasteiger partial charge in [0, 0.05) is 43.7 Å². The molecule has 4 aliphatic rings. The molecule has 2 heterocycles. The summed E-state index contributed by atoms with van der Waals surface area (Å²) in [6, 6.07) is 1.30. The summed E-state index contributed by atoms with van der Waals surface area (Å²) in [5, 5.41) is 3.87. The predicted octanol–water partition coefficient (Wildman–Crippen LogP) is 3.09. The lowest BCUT2D eigenvalue weighted by molar-refractivity contribution is -0.168. The Bertz CT molecular complexity index is 490. The molecule has 2 aliphatic heterocycles. The number of guanidine groups is 1. The van der Waals surface area contributed by atoms with Gasteiger partial charge in [0.1, 0.15) is 0 Å². The van der Waals surface area contributed by atoms with Crippen molar-refractivity contribution in [2.75, 3.05) is 39.3 Å². The zero-order chi connectivity index (χ0) is 17.3. The maximum Gasteiger partial charge on any atom is 0.194 e. The van der Waals surface area contributed by atoms with E-state index in [9.17, 15) is 0 Å². The Kier molecular flexibility index (Phi) is 7.11. The largest absolute Gasteiger partial charge is 0.378 e. The molecule has 6 heteroatoms. The number of rotatable bonds is 5. The second-order valence-electron chi connectivity index (χ2n) is 8.39. The van der Waals surface area contributed by atoms with Gasteiger partial charge in [-0.15, -0.1) is 24.0 Å². The second kappa shape index (κ2) is 8.95. The molecule has 0 aromatic carbocycles. The quantitative estimate of drug-likeness (QED) is 0.376. The topological polar surface area (TPSA) is 40.1 Å². The summed E-state index contributed by atoms with van der Waals surface area (Å²) in [5.41, 5.74) is 0.401. The number of nitrogens with zero attached hydrogens (tertiary/aromatic N) is 3. The van der Waals surface area contributed by atoms with E-state index in [1.165, 1.54) is 51.6 Å². The third-order valence-electron chi connectivity index (χ3n) is 7.17. The van der Waals surface area contributed by atoms with Crippen LogP contribution in [0.2, 0.25) is 0 Å². The van der Waals surface area contributed by atoms with Crippen LogP contribution in [-0.4, -0.2) is 73.3 Å². The van der Waals surface area contributed by atoms with Crippen molar-refractivity contribution < 1.29 is 4.74 Å². The van der Waals surface area contributed by atoms with Crippen LogP contribution >= 0.6 is 24.0 Å². The van der Waals surface area contributed by atoms with Gasteiger partial charge < -0.3 is 15.0 Å². The van der Waals surface area contributed by atoms with Gasteiger partial charge in [-0.3, -0.25) is 9.89 Å². The SMILES string of the molecule is CCN=C(NC1CC(OCC)C12CCC2)N1CCC(N2CCCC2)C1.I. The highest BCUT2D eigenvalue weighted by Gasteiger charge is 2.59. The van der Waals surface area contributed by atoms with E-state index in [0.29, 0.717) is 17.6 Å². The molecular formula is C20H37IN4O. The summed E-state index contributed by atoms with van der Waals surface area (Å²) in [5.74, 6) is 1.16. The van der Waals surface area contributed by atoms with E-state index in [4.69, 9.17) is 9.73 Å². The Morgan fingerprint density at radius 2 is 1.92 bits per heavy atom. The second-order valence-corrected chi connectivity index (χ2v) is 8.39. The molecule has 5 nitrogen and oxygen atoms in total. The predicted molar refractivity (Wildman–Crippen MR) is 117 cm³/mol. The number of hydrogen-bond donors (Lipinski definition) is 1. The minimum absolute atomic E-state index is 0. The maximum absolute atomic E-state index is 6.02. The van der Waals surface area contributed by atoms with Crippen LogP contribution in [0, 0.1) is 5.41 Å². The number of nitrogens with one attached hydrogen (secondary N) is 1. The van der Waals surface area contributed by atoms with E-state index in [-0.39, 0.29) is 24.0 Å². The third-order valence-corrected chi connectivity index (χ3v) is 7.17. The van der Waals surface area contributed by atoms with Gasteiger partial charge in [0.2, 0.25) is 0 Å². The van der Waals surface area contributed by atoms with Crippen LogP contribution in [0.4, 0.5) is 0 Å². The van der Waals surface area contributed by atoms with Crippen molar-refractivity contribution >= 4 is 29.9 Å². The van der Waals surface area contributed by atoms with Crippen LogP contribution in [0.5, 0.6) is 0 Å². The molecule has 4 fully saturated rings. The van der Waals surface area contributed by atoms with Crippen LogP contribution in [-0.2, 0) is 4.74 Å². The van der Waals surface area contributed by atoms with Crippen molar-refractivity contribution in [3.05, 3.63) is 0 Å². The molecule has 26 heavy (non-hydrogen) atoms. The maximum atomic E-state index is 6.02. The van der Waals surface area contributed by atoms with Crippen molar-refractivity contribution in [1.82, 2.24) is 15.1 Å². The summed E-state index contributed by atoms with van der Waals surface area (Å²) < 4.78 is 6.02. The highest BCUT2D eigenvalue weighted by atomic mass is 127. The fourth-order valence-corrected chi connectivity index (χ4v) is 5.52. The number of hydrogen-bond acceptors (Lipinski definition) is 3. The van der Waals surface area contributed by atoms with Gasteiger partial charge in [0.05, 0.1) is 6.10 Å². The summed E-state index contributed by atoms with van der Waals surface area (Å²) in [7, 11) is 0. The first kappa shape index (κ1) is 20.6. The first-order chi connectivity index (χ1) is 12.3. The molecule has 0 amide bonds. The van der Waals surface area contributed by atoms with E-state index < -0.39 is 0 Å². The Labute approximate surface area is 176 Å². The minimum Gasteiger partial charge on any atom is -0.378 e. The van der Waals surface area contributed by atoms with Crippen molar-refractivity contribution in [3.8, 4) is 0 Å². The van der Waals surface area contributed by atoms with Crippen molar-refractivity contribution in [3.63, 3.8) is 0 Å². The lowest BCUT2D eigenvalue weighted by atomic mass is 9.51. The van der Waals surface area contributed by atoms with E-state index in [1.807, 2.05) is 0 Å². The Hall–Kier alpha value is -0.0800. The zero-order valence-electron chi connectivity index (χ0n) is 16.6. The Morgan fingerprint density at radius 1 is 1.15 bits per heavy atom. The van der Waals surface area contributed by atoms with Gasteiger partial charge >= 0.3 is 0 Å². The van der Waals surface area contributed by atoms with Crippen molar-refractivity contribution in [2.45, 2.75) is 77.0 Å². The van der Waals surface area contributed by atoms with Crippen LogP contribution in [0.3, 0.4) is 0 Å². The number of aliphatic imine (C=N–C) groups is 1. The van der Waals surface area contributed by atoms with E-state index in [2.05, 4.69) is 29.0 Å². The summed E-state index contributed by atoms with van der Waals surface area (Å²) >= 11 is 0. The Balaban J connectivity index is 0.00000196. The Morgan fingerprint density at radius 3 is 2.54 bits per heavy atom. The monoisotopic (exact) mass is 476 g/mol. The lowest BCUT2D eigenvalue weighted by Crippen LogP contribution is -2.68. The molecular weight excluding hydrogens is 439 g/mol. The first-order valence-corrected chi connectivity index (χ1v) is 10.7. The summed E-state index contributed by atoms with van der Waals surface area (Å²) in [6.45, 7) is 10.9.